The zero-order valence-corrected chi connectivity index (χ0v) is 17.7. The molecule has 2 N–H and O–H groups in total. The number of ether oxygens (including phenoxy) is 1. The van der Waals surface area contributed by atoms with E-state index in [1.54, 1.807) is 4.90 Å². The normalized spacial score (nSPS) is 25.3. The standard InChI is InChI=1S/C20H39N5O2/c1-5-21-19(22-9-12-24-14-16(3)13-17(4)15-24)23-18-7-10-25(11-8-18)20(26)27-6-2/h16-18H,5-15H2,1-4H3,(H2,21,22,23). The minimum Gasteiger partial charge on any atom is -0.450 e. The lowest BCUT2D eigenvalue weighted by Crippen LogP contribution is -2.50. The summed E-state index contributed by atoms with van der Waals surface area (Å²) in [6, 6.07) is 0.350. The molecule has 27 heavy (non-hydrogen) atoms. The van der Waals surface area contributed by atoms with Gasteiger partial charge in [0, 0.05) is 45.3 Å². The number of aliphatic imine (C=N–C) groups is 1. The van der Waals surface area contributed by atoms with Gasteiger partial charge in [-0.3, -0.25) is 4.99 Å². The third kappa shape index (κ3) is 7.56. The van der Waals surface area contributed by atoms with E-state index >= 15 is 0 Å². The topological polar surface area (TPSA) is 69.2 Å². The van der Waals surface area contributed by atoms with Crippen LogP contribution in [0.15, 0.2) is 4.99 Å². The van der Waals surface area contributed by atoms with Crippen LogP contribution >= 0.6 is 0 Å². The first kappa shape index (κ1) is 21.8. The van der Waals surface area contributed by atoms with Gasteiger partial charge in [0.2, 0.25) is 0 Å². The molecule has 0 spiro atoms. The zero-order chi connectivity index (χ0) is 19.6. The van der Waals surface area contributed by atoms with Crippen LogP contribution in [0.5, 0.6) is 0 Å². The lowest BCUT2D eigenvalue weighted by molar-refractivity contribution is 0.0963. The van der Waals surface area contributed by atoms with Crippen LogP contribution in [0.25, 0.3) is 0 Å². The minimum atomic E-state index is -0.193. The molecule has 0 aromatic rings. The number of rotatable bonds is 6. The largest absolute Gasteiger partial charge is 0.450 e. The summed E-state index contributed by atoms with van der Waals surface area (Å²) in [7, 11) is 0. The van der Waals surface area contributed by atoms with E-state index in [1.165, 1.54) is 19.5 Å². The number of carbonyl (C=O) groups excluding carboxylic acids is 1. The molecule has 2 fully saturated rings. The Bertz CT molecular complexity index is 467. The van der Waals surface area contributed by atoms with Gasteiger partial charge < -0.3 is 25.2 Å². The third-order valence-corrected chi connectivity index (χ3v) is 5.34. The van der Waals surface area contributed by atoms with Gasteiger partial charge in [-0.2, -0.15) is 0 Å². The molecule has 0 bridgehead atoms. The van der Waals surface area contributed by atoms with Crippen molar-refractivity contribution in [1.29, 1.82) is 0 Å². The van der Waals surface area contributed by atoms with Crippen LogP contribution in [-0.4, -0.2) is 80.3 Å². The van der Waals surface area contributed by atoms with Crippen LogP contribution in [-0.2, 0) is 4.74 Å². The van der Waals surface area contributed by atoms with Crippen LogP contribution in [0, 0.1) is 11.8 Å². The maximum absolute atomic E-state index is 11.8. The van der Waals surface area contributed by atoms with Crippen molar-refractivity contribution in [1.82, 2.24) is 20.4 Å². The van der Waals surface area contributed by atoms with Gasteiger partial charge in [-0.25, -0.2) is 4.79 Å². The summed E-state index contributed by atoms with van der Waals surface area (Å²) in [5.74, 6) is 2.47. The number of guanidine groups is 1. The predicted molar refractivity (Wildman–Crippen MR) is 110 cm³/mol. The number of piperidine rings is 2. The number of nitrogens with zero attached hydrogens (tertiary/aromatic N) is 3. The van der Waals surface area contributed by atoms with E-state index in [-0.39, 0.29) is 6.09 Å². The third-order valence-electron chi connectivity index (χ3n) is 5.34. The molecule has 0 saturated carbocycles. The summed E-state index contributed by atoms with van der Waals surface area (Å²) < 4.78 is 5.09. The second-order valence-corrected chi connectivity index (χ2v) is 8.07. The molecule has 2 saturated heterocycles. The van der Waals surface area contributed by atoms with Crippen molar-refractivity contribution in [3.8, 4) is 0 Å². The molecule has 0 radical (unpaired) electrons. The van der Waals surface area contributed by atoms with Crippen LogP contribution in [0.1, 0.15) is 47.0 Å². The highest BCUT2D eigenvalue weighted by Gasteiger charge is 2.24. The fourth-order valence-corrected chi connectivity index (χ4v) is 4.21. The van der Waals surface area contributed by atoms with Crippen molar-refractivity contribution in [2.75, 3.05) is 52.4 Å². The fraction of sp³-hybridized carbons (Fsp3) is 0.900. The molecule has 2 unspecified atom stereocenters. The first-order chi connectivity index (χ1) is 13.0. The van der Waals surface area contributed by atoms with Crippen molar-refractivity contribution in [2.24, 2.45) is 16.8 Å². The van der Waals surface area contributed by atoms with E-state index in [0.29, 0.717) is 12.6 Å². The van der Waals surface area contributed by atoms with E-state index in [2.05, 4.69) is 36.3 Å². The smallest absolute Gasteiger partial charge is 0.409 e. The Hall–Kier alpha value is -1.50. The van der Waals surface area contributed by atoms with Crippen molar-refractivity contribution < 1.29 is 9.53 Å². The van der Waals surface area contributed by atoms with E-state index in [0.717, 1.165) is 63.4 Å². The van der Waals surface area contributed by atoms with E-state index in [9.17, 15) is 4.79 Å². The first-order valence-electron chi connectivity index (χ1n) is 10.7. The van der Waals surface area contributed by atoms with E-state index in [1.807, 2.05) is 6.92 Å². The molecule has 156 valence electrons. The average Bonchev–Trinajstić information content (AvgIpc) is 2.62. The second kappa shape index (κ2) is 11.4. The molecular weight excluding hydrogens is 342 g/mol. The predicted octanol–water partition coefficient (Wildman–Crippen LogP) is 2.14. The van der Waals surface area contributed by atoms with Crippen LogP contribution in [0.4, 0.5) is 4.79 Å². The van der Waals surface area contributed by atoms with Crippen LogP contribution in [0.3, 0.4) is 0 Å². The Morgan fingerprint density at radius 2 is 1.81 bits per heavy atom. The van der Waals surface area contributed by atoms with Crippen molar-refractivity contribution >= 4 is 12.1 Å². The molecule has 2 aliphatic heterocycles. The molecule has 7 nitrogen and oxygen atoms in total. The lowest BCUT2D eigenvalue weighted by atomic mass is 9.92. The number of likely N-dealkylation sites (tertiary alicyclic amines) is 2. The van der Waals surface area contributed by atoms with Gasteiger partial charge in [-0.15, -0.1) is 0 Å². The van der Waals surface area contributed by atoms with E-state index in [4.69, 9.17) is 9.73 Å². The van der Waals surface area contributed by atoms with Gasteiger partial charge in [0.05, 0.1) is 13.2 Å². The fourth-order valence-electron chi connectivity index (χ4n) is 4.21. The van der Waals surface area contributed by atoms with Gasteiger partial charge in [-0.05, 0) is 44.9 Å². The first-order valence-corrected chi connectivity index (χ1v) is 10.7. The van der Waals surface area contributed by atoms with Gasteiger partial charge >= 0.3 is 6.09 Å². The molecule has 7 heteroatoms. The molecule has 0 aromatic carbocycles. The van der Waals surface area contributed by atoms with Gasteiger partial charge in [0.15, 0.2) is 5.96 Å². The molecule has 1 amide bonds. The number of amides is 1. The number of hydrogen-bond donors (Lipinski definition) is 2. The van der Waals surface area contributed by atoms with Gasteiger partial charge in [-0.1, -0.05) is 13.8 Å². The van der Waals surface area contributed by atoms with E-state index < -0.39 is 0 Å². The van der Waals surface area contributed by atoms with Crippen molar-refractivity contribution in [3.63, 3.8) is 0 Å². The Balaban J connectivity index is 1.76. The lowest BCUT2D eigenvalue weighted by Gasteiger charge is -2.34. The Morgan fingerprint density at radius 1 is 1.15 bits per heavy atom. The summed E-state index contributed by atoms with van der Waals surface area (Å²) in [6.45, 7) is 15.6. The Kier molecular flexibility index (Phi) is 9.18. The quantitative estimate of drug-likeness (QED) is 0.545. The highest BCUT2D eigenvalue weighted by molar-refractivity contribution is 5.80. The highest BCUT2D eigenvalue weighted by Crippen LogP contribution is 2.20. The number of nitrogens with one attached hydrogen (secondary N) is 2. The Morgan fingerprint density at radius 3 is 2.41 bits per heavy atom. The molecule has 0 aliphatic carbocycles. The monoisotopic (exact) mass is 381 g/mol. The van der Waals surface area contributed by atoms with Gasteiger partial charge in [0.1, 0.15) is 0 Å². The molecule has 2 heterocycles. The molecule has 2 atom stereocenters. The van der Waals surface area contributed by atoms with Crippen LogP contribution < -0.4 is 10.6 Å². The highest BCUT2D eigenvalue weighted by atomic mass is 16.6. The molecular formula is C20H39N5O2. The molecule has 2 rings (SSSR count). The SMILES string of the molecule is CCNC(=NCCN1CC(C)CC(C)C1)NC1CCN(C(=O)OCC)CC1. The maximum Gasteiger partial charge on any atom is 0.409 e. The number of hydrogen-bond acceptors (Lipinski definition) is 4. The summed E-state index contributed by atoms with van der Waals surface area (Å²) in [5, 5.41) is 6.90. The Labute approximate surface area is 164 Å². The summed E-state index contributed by atoms with van der Waals surface area (Å²) >= 11 is 0. The maximum atomic E-state index is 11.8. The minimum absolute atomic E-state index is 0.193. The second-order valence-electron chi connectivity index (χ2n) is 8.07. The number of carbonyl (C=O) groups is 1. The molecule has 2 aliphatic rings. The summed E-state index contributed by atoms with van der Waals surface area (Å²) in [4.78, 5) is 20.9. The average molecular weight is 382 g/mol. The van der Waals surface area contributed by atoms with Crippen molar-refractivity contribution in [3.05, 3.63) is 0 Å². The van der Waals surface area contributed by atoms with Crippen molar-refractivity contribution in [2.45, 2.75) is 53.0 Å². The zero-order valence-electron chi connectivity index (χ0n) is 17.7. The molecule has 0 aromatic heterocycles. The summed E-state index contributed by atoms with van der Waals surface area (Å²) in [5.41, 5.74) is 0. The van der Waals surface area contributed by atoms with Gasteiger partial charge in [0.25, 0.3) is 0 Å². The van der Waals surface area contributed by atoms with Crippen LogP contribution in [0.2, 0.25) is 0 Å². The summed E-state index contributed by atoms with van der Waals surface area (Å²) in [6.07, 6.45) is 2.99.